The normalized spacial score (nSPS) is 13.5. The van der Waals surface area contributed by atoms with Crippen LogP contribution in [0.25, 0.3) is 55.6 Å². The molecule has 0 heterocycles. The van der Waals surface area contributed by atoms with Crippen molar-refractivity contribution in [3.8, 4) is 55.6 Å². The first-order valence-electron chi connectivity index (χ1n) is 25.5. The molecular formula is C70H60N2. The summed E-state index contributed by atoms with van der Waals surface area (Å²) in [6.45, 7) is 18.7. The van der Waals surface area contributed by atoms with Crippen molar-refractivity contribution in [3.63, 3.8) is 0 Å². The van der Waals surface area contributed by atoms with Gasteiger partial charge in [0.15, 0.2) is 0 Å². The van der Waals surface area contributed by atoms with Crippen molar-refractivity contribution in [3.05, 3.63) is 263 Å². The number of hydrogen-bond acceptors (Lipinski definition) is 2. The van der Waals surface area contributed by atoms with Crippen LogP contribution in [0.5, 0.6) is 0 Å². The Bertz CT molecular complexity index is 3450. The number of aryl methyl sites for hydroxylation is 4. The fourth-order valence-corrected chi connectivity index (χ4v) is 12.5. The molecule has 0 spiro atoms. The van der Waals surface area contributed by atoms with Gasteiger partial charge in [0.2, 0.25) is 0 Å². The minimum absolute atomic E-state index is 0.133. The molecule has 2 heteroatoms. The summed E-state index contributed by atoms with van der Waals surface area (Å²) in [7, 11) is 0. The second-order valence-electron chi connectivity index (χ2n) is 21.1. The number of hydrogen-bond donors (Lipinski definition) is 0. The van der Waals surface area contributed by atoms with E-state index in [1.54, 1.807) is 0 Å². The molecule has 0 amide bonds. The Morgan fingerprint density at radius 3 is 0.944 bits per heavy atom. The van der Waals surface area contributed by atoms with Crippen molar-refractivity contribution in [2.45, 2.75) is 66.2 Å². The Morgan fingerprint density at radius 2 is 0.569 bits per heavy atom. The third-order valence-electron chi connectivity index (χ3n) is 15.9. The van der Waals surface area contributed by atoms with Crippen molar-refractivity contribution < 1.29 is 0 Å². The van der Waals surface area contributed by atoms with Gasteiger partial charge in [0.1, 0.15) is 0 Å². The van der Waals surface area contributed by atoms with E-state index >= 15 is 0 Å². The molecule has 12 rings (SSSR count). The van der Waals surface area contributed by atoms with Gasteiger partial charge in [-0.25, -0.2) is 0 Å². The zero-order valence-corrected chi connectivity index (χ0v) is 42.7. The van der Waals surface area contributed by atoms with E-state index in [1.165, 1.54) is 100 Å². The maximum Gasteiger partial charge on any atom is 0.0540 e. The van der Waals surface area contributed by atoms with E-state index < -0.39 is 0 Å². The summed E-state index contributed by atoms with van der Waals surface area (Å²) >= 11 is 0. The largest absolute Gasteiger partial charge is 0.310 e. The third-order valence-corrected chi connectivity index (χ3v) is 15.9. The molecule has 0 unspecified atom stereocenters. The van der Waals surface area contributed by atoms with Gasteiger partial charge in [-0.05, 0) is 177 Å². The van der Waals surface area contributed by atoms with E-state index in [9.17, 15) is 0 Å². The molecule has 0 atom stereocenters. The fourth-order valence-electron chi connectivity index (χ4n) is 12.5. The lowest BCUT2D eigenvalue weighted by molar-refractivity contribution is 0.660. The molecule has 2 aliphatic rings. The highest BCUT2D eigenvalue weighted by Crippen LogP contribution is 2.54. The van der Waals surface area contributed by atoms with Crippen LogP contribution in [0.1, 0.15) is 72.2 Å². The van der Waals surface area contributed by atoms with E-state index in [2.05, 4.69) is 284 Å². The Balaban J connectivity index is 1.00. The second-order valence-corrected chi connectivity index (χ2v) is 21.1. The molecule has 0 fully saturated rings. The average Bonchev–Trinajstić information content (AvgIpc) is 3.76. The Morgan fingerprint density at radius 1 is 0.264 bits per heavy atom. The van der Waals surface area contributed by atoms with Crippen LogP contribution in [0, 0.1) is 27.7 Å². The SMILES string of the molecule is Cc1cc(N(c2ccc3c(c2)C(C)(C)c2ccccc2-3)c2ccccc2-c2ccccc2)cc(C)c1-c1c(C)cc(N(c2ccc3c(c2)C(C)(C)c2ccccc2-3)c2ccccc2-c2ccccc2)cc1C. The van der Waals surface area contributed by atoms with Gasteiger partial charge < -0.3 is 9.80 Å². The number of fused-ring (bicyclic) bond motifs is 6. The first-order valence-corrected chi connectivity index (χ1v) is 25.5. The maximum atomic E-state index is 2.49. The second kappa shape index (κ2) is 17.3. The quantitative estimate of drug-likeness (QED) is 0.142. The van der Waals surface area contributed by atoms with Crippen LogP contribution in [0.4, 0.5) is 34.1 Å². The molecular weight excluding hydrogens is 869 g/mol. The highest BCUT2D eigenvalue weighted by Gasteiger charge is 2.37. The molecule has 0 aromatic heterocycles. The Labute approximate surface area is 426 Å². The summed E-state index contributed by atoms with van der Waals surface area (Å²) in [5.74, 6) is 0. The Hall–Kier alpha value is -8.20. The lowest BCUT2D eigenvalue weighted by Gasteiger charge is -2.32. The van der Waals surface area contributed by atoms with Crippen LogP contribution in [-0.2, 0) is 10.8 Å². The van der Waals surface area contributed by atoms with Crippen LogP contribution >= 0.6 is 0 Å². The molecule has 350 valence electrons. The predicted molar refractivity (Wildman–Crippen MR) is 306 cm³/mol. The molecule has 2 nitrogen and oxygen atoms in total. The molecule has 2 aliphatic carbocycles. The van der Waals surface area contributed by atoms with E-state index in [1.807, 2.05) is 0 Å². The lowest BCUT2D eigenvalue weighted by Crippen LogP contribution is -2.17. The zero-order chi connectivity index (χ0) is 49.5. The summed E-state index contributed by atoms with van der Waals surface area (Å²) in [5, 5.41) is 0. The van der Waals surface area contributed by atoms with Gasteiger partial charge in [-0.3, -0.25) is 0 Å². The standard InChI is InChI=1S/C70H60N2/c1-45-39-53(71(65-33-21-17-27-55(65)49-23-11-9-12-24-49)51-35-37-59-57-29-15-19-31-61(57)69(5,6)63(59)43-51)40-46(2)67(45)68-47(3)41-54(42-48(68)4)72(66-34-22-18-28-56(66)50-25-13-10-14-26-50)52-36-38-60-58-30-16-20-32-62(58)70(7,8)64(60)44-52/h9-44H,1-8H3. The highest BCUT2D eigenvalue weighted by atomic mass is 15.2. The lowest BCUT2D eigenvalue weighted by atomic mass is 9.82. The van der Waals surface area contributed by atoms with Gasteiger partial charge in [0.05, 0.1) is 11.4 Å². The molecule has 10 aromatic rings. The molecule has 0 N–H and O–H groups in total. The van der Waals surface area contributed by atoms with Crippen LogP contribution < -0.4 is 9.80 Å². The summed E-state index contributed by atoms with van der Waals surface area (Å²) in [4.78, 5) is 4.99. The molecule has 0 saturated heterocycles. The first-order chi connectivity index (χ1) is 34.9. The summed E-state index contributed by atoms with van der Waals surface area (Å²) < 4.78 is 0. The summed E-state index contributed by atoms with van der Waals surface area (Å²) in [6, 6.07) is 81.1. The third kappa shape index (κ3) is 7.23. The van der Waals surface area contributed by atoms with Crippen LogP contribution in [0.3, 0.4) is 0 Å². The van der Waals surface area contributed by atoms with Crippen LogP contribution in [0.15, 0.2) is 218 Å². The van der Waals surface area contributed by atoms with E-state index in [0.29, 0.717) is 0 Å². The molecule has 0 aliphatic heterocycles. The molecule has 72 heavy (non-hydrogen) atoms. The number of rotatable bonds is 9. The minimum atomic E-state index is -0.133. The predicted octanol–water partition coefficient (Wildman–Crippen LogP) is 19.5. The first kappa shape index (κ1) is 45.0. The minimum Gasteiger partial charge on any atom is -0.310 e. The van der Waals surface area contributed by atoms with Gasteiger partial charge in [-0.15, -0.1) is 0 Å². The van der Waals surface area contributed by atoms with Gasteiger partial charge in [-0.2, -0.15) is 0 Å². The summed E-state index contributed by atoms with van der Waals surface area (Å²) in [5.41, 5.74) is 29.7. The maximum absolute atomic E-state index is 2.49. The van der Waals surface area contributed by atoms with E-state index in [-0.39, 0.29) is 10.8 Å². The van der Waals surface area contributed by atoms with E-state index in [4.69, 9.17) is 0 Å². The molecule has 10 aromatic carbocycles. The number of benzene rings is 10. The molecule has 0 bridgehead atoms. The van der Waals surface area contributed by atoms with Gasteiger partial charge in [0.25, 0.3) is 0 Å². The van der Waals surface area contributed by atoms with Crippen LogP contribution in [0.2, 0.25) is 0 Å². The Kier molecular flexibility index (Phi) is 10.8. The molecule has 0 radical (unpaired) electrons. The summed E-state index contributed by atoms with van der Waals surface area (Å²) in [6.07, 6.45) is 0. The zero-order valence-electron chi connectivity index (χ0n) is 42.7. The average molecular weight is 929 g/mol. The number of para-hydroxylation sites is 2. The number of anilines is 6. The fraction of sp³-hybridized carbons (Fsp3) is 0.143. The van der Waals surface area contributed by atoms with Gasteiger partial charge in [0, 0.05) is 44.7 Å². The number of nitrogens with zero attached hydrogens (tertiary/aromatic N) is 2. The van der Waals surface area contributed by atoms with Crippen molar-refractivity contribution >= 4 is 34.1 Å². The van der Waals surface area contributed by atoms with Crippen molar-refractivity contribution in [2.24, 2.45) is 0 Å². The topological polar surface area (TPSA) is 6.48 Å². The smallest absolute Gasteiger partial charge is 0.0540 e. The monoisotopic (exact) mass is 928 g/mol. The van der Waals surface area contributed by atoms with E-state index in [0.717, 1.165) is 34.1 Å². The van der Waals surface area contributed by atoms with Crippen molar-refractivity contribution in [1.29, 1.82) is 0 Å². The van der Waals surface area contributed by atoms with Crippen molar-refractivity contribution in [1.82, 2.24) is 0 Å². The van der Waals surface area contributed by atoms with Crippen LogP contribution in [-0.4, -0.2) is 0 Å². The molecule has 0 saturated carbocycles. The highest BCUT2D eigenvalue weighted by molar-refractivity contribution is 5.94. The van der Waals surface area contributed by atoms with Crippen molar-refractivity contribution in [2.75, 3.05) is 9.80 Å². The van der Waals surface area contributed by atoms with Gasteiger partial charge in [-0.1, -0.05) is 185 Å². The van der Waals surface area contributed by atoms with Gasteiger partial charge >= 0.3 is 0 Å².